The van der Waals surface area contributed by atoms with Crippen LogP contribution in [-0.2, 0) is 14.3 Å². The molecular weight excluding hydrogens is 402 g/mol. The topological polar surface area (TPSA) is 140 Å². The van der Waals surface area contributed by atoms with Crippen LogP contribution < -0.4 is 16.0 Å². The number of anilines is 1. The van der Waals surface area contributed by atoms with Crippen LogP contribution in [0.5, 0.6) is 0 Å². The van der Waals surface area contributed by atoms with Crippen LogP contribution >= 0.6 is 0 Å². The van der Waals surface area contributed by atoms with Crippen LogP contribution in [0.25, 0.3) is 0 Å². The highest BCUT2D eigenvalue weighted by Crippen LogP contribution is 2.30. The van der Waals surface area contributed by atoms with E-state index in [9.17, 15) is 24.6 Å². The van der Waals surface area contributed by atoms with Crippen molar-refractivity contribution < 1.29 is 29.3 Å². The van der Waals surface area contributed by atoms with Crippen LogP contribution in [0.15, 0.2) is 24.3 Å². The SMILES string of the molecule is CC(C)C[C@H](NC(=O)[C@H](CO)NC(=O)c1cccc(NC(C)C)c1)C(=O)[C@@]1(CO)CO1. The number of rotatable bonds is 12. The third-order valence-corrected chi connectivity index (χ3v) is 4.92. The molecule has 2 amide bonds. The predicted octanol–water partition coefficient (Wildman–Crippen LogP) is 0.459. The lowest BCUT2D eigenvalue weighted by atomic mass is 9.92. The highest BCUT2D eigenvalue weighted by molar-refractivity contribution is 6.00. The van der Waals surface area contributed by atoms with Gasteiger partial charge in [0.1, 0.15) is 6.04 Å². The van der Waals surface area contributed by atoms with Gasteiger partial charge in [-0.05, 0) is 44.4 Å². The molecule has 1 aromatic rings. The number of carbonyl (C=O) groups excluding carboxylic acids is 3. The van der Waals surface area contributed by atoms with Crippen LogP contribution in [0.3, 0.4) is 0 Å². The molecule has 1 aromatic carbocycles. The Hall–Kier alpha value is -2.49. The minimum Gasteiger partial charge on any atom is -0.394 e. The van der Waals surface area contributed by atoms with Gasteiger partial charge in [-0.1, -0.05) is 19.9 Å². The molecule has 9 heteroatoms. The van der Waals surface area contributed by atoms with E-state index < -0.39 is 48.5 Å². The van der Waals surface area contributed by atoms with Gasteiger partial charge in [0.2, 0.25) is 5.91 Å². The fourth-order valence-electron chi connectivity index (χ4n) is 3.21. The van der Waals surface area contributed by atoms with Crippen LogP contribution in [0, 0.1) is 5.92 Å². The Balaban J connectivity index is 2.07. The maximum absolute atomic E-state index is 12.8. The molecule has 1 heterocycles. The number of aliphatic hydroxyl groups excluding tert-OH is 2. The molecule has 1 fully saturated rings. The molecule has 0 saturated carbocycles. The van der Waals surface area contributed by atoms with Crippen molar-refractivity contribution in [2.24, 2.45) is 5.92 Å². The summed E-state index contributed by atoms with van der Waals surface area (Å²) < 4.78 is 5.12. The number of amides is 2. The van der Waals surface area contributed by atoms with Gasteiger partial charge in [0, 0.05) is 17.3 Å². The van der Waals surface area contributed by atoms with Crippen molar-refractivity contribution in [2.45, 2.75) is 57.8 Å². The van der Waals surface area contributed by atoms with Gasteiger partial charge in [0.05, 0.1) is 25.9 Å². The Labute approximate surface area is 182 Å². The van der Waals surface area contributed by atoms with Gasteiger partial charge < -0.3 is 30.9 Å². The first-order valence-corrected chi connectivity index (χ1v) is 10.5. The van der Waals surface area contributed by atoms with E-state index in [2.05, 4.69) is 16.0 Å². The fourth-order valence-corrected chi connectivity index (χ4v) is 3.21. The van der Waals surface area contributed by atoms with Gasteiger partial charge in [-0.3, -0.25) is 14.4 Å². The van der Waals surface area contributed by atoms with E-state index in [0.29, 0.717) is 12.0 Å². The van der Waals surface area contributed by atoms with Gasteiger partial charge in [0.15, 0.2) is 11.4 Å². The van der Waals surface area contributed by atoms with Crippen molar-refractivity contribution >= 4 is 23.3 Å². The molecule has 1 saturated heterocycles. The van der Waals surface area contributed by atoms with E-state index in [0.717, 1.165) is 5.69 Å². The largest absolute Gasteiger partial charge is 0.394 e. The van der Waals surface area contributed by atoms with Crippen molar-refractivity contribution in [1.82, 2.24) is 10.6 Å². The number of benzene rings is 1. The predicted molar refractivity (Wildman–Crippen MR) is 116 cm³/mol. The molecular formula is C22H33N3O6. The lowest BCUT2D eigenvalue weighted by molar-refractivity contribution is -0.133. The number of nitrogens with one attached hydrogen (secondary N) is 3. The second-order valence-corrected chi connectivity index (χ2v) is 8.58. The summed E-state index contributed by atoms with van der Waals surface area (Å²) in [4.78, 5) is 38.1. The first-order valence-electron chi connectivity index (χ1n) is 10.5. The Kier molecular flexibility index (Phi) is 8.55. The van der Waals surface area contributed by atoms with E-state index >= 15 is 0 Å². The zero-order valence-corrected chi connectivity index (χ0v) is 18.5. The summed E-state index contributed by atoms with van der Waals surface area (Å²) in [7, 11) is 0. The number of aliphatic hydroxyl groups is 2. The molecule has 1 aliphatic heterocycles. The molecule has 0 bridgehead atoms. The molecule has 31 heavy (non-hydrogen) atoms. The van der Waals surface area contributed by atoms with Gasteiger partial charge >= 0.3 is 0 Å². The molecule has 5 N–H and O–H groups in total. The molecule has 0 spiro atoms. The van der Waals surface area contributed by atoms with E-state index in [-0.39, 0.29) is 18.6 Å². The maximum Gasteiger partial charge on any atom is 0.252 e. The molecule has 0 aromatic heterocycles. The molecule has 2 rings (SSSR count). The summed E-state index contributed by atoms with van der Waals surface area (Å²) in [6, 6.07) is 4.85. The van der Waals surface area contributed by atoms with E-state index in [1.807, 2.05) is 33.8 Å². The van der Waals surface area contributed by atoms with Crippen molar-refractivity contribution in [2.75, 3.05) is 25.1 Å². The quantitative estimate of drug-likeness (QED) is 0.300. The first-order chi connectivity index (χ1) is 14.6. The molecule has 1 aliphatic rings. The van der Waals surface area contributed by atoms with E-state index in [4.69, 9.17) is 4.74 Å². The molecule has 172 valence electrons. The Morgan fingerprint density at radius 3 is 2.29 bits per heavy atom. The molecule has 0 unspecified atom stereocenters. The van der Waals surface area contributed by atoms with Gasteiger partial charge in [-0.25, -0.2) is 0 Å². The number of hydrogen-bond donors (Lipinski definition) is 5. The van der Waals surface area contributed by atoms with Gasteiger partial charge in [-0.2, -0.15) is 0 Å². The monoisotopic (exact) mass is 435 g/mol. The smallest absolute Gasteiger partial charge is 0.252 e. The summed E-state index contributed by atoms with van der Waals surface area (Å²) in [5.41, 5.74) is -0.180. The lowest BCUT2D eigenvalue weighted by Gasteiger charge is -2.24. The third-order valence-electron chi connectivity index (χ3n) is 4.92. The molecule has 0 radical (unpaired) electrons. The van der Waals surface area contributed by atoms with E-state index in [1.54, 1.807) is 18.2 Å². The zero-order chi connectivity index (χ0) is 23.2. The van der Waals surface area contributed by atoms with Crippen molar-refractivity contribution in [1.29, 1.82) is 0 Å². The standard InChI is InChI=1S/C22H33N3O6/c1-13(2)8-17(19(28)22(11-27)12-31-22)24-21(30)18(10-26)25-20(29)15-6-5-7-16(9-15)23-14(3)4/h5-7,9,13-14,17-18,23,26-27H,8,10-12H2,1-4H3,(H,24,30)(H,25,29)/t17-,18-,22+/m0/s1. The minimum absolute atomic E-state index is 0.0853. The Morgan fingerprint density at radius 1 is 1.10 bits per heavy atom. The minimum atomic E-state index is -1.27. The molecule has 3 atom stereocenters. The zero-order valence-electron chi connectivity index (χ0n) is 18.5. The summed E-state index contributed by atoms with van der Waals surface area (Å²) >= 11 is 0. The van der Waals surface area contributed by atoms with Crippen LogP contribution in [0.2, 0.25) is 0 Å². The van der Waals surface area contributed by atoms with Crippen molar-refractivity contribution in [3.8, 4) is 0 Å². The summed E-state index contributed by atoms with van der Waals surface area (Å²) in [6.07, 6.45) is 0.338. The molecule has 9 nitrogen and oxygen atoms in total. The van der Waals surface area contributed by atoms with Gasteiger partial charge in [0.25, 0.3) is 5.91 Å². The number of Topliss-reactive ketones (excluding diaryl/α,β-unsaturated/α-hetero) is 1. The maximum atomic E-state index is 12.8. The van der Waals surface area contributed by atoms with Crippen LogP contribution in [-0.4, -0.2) is 71.4 Å². The number of carbonyl (C=O) groups is 3. The fraction of sp³-hybridized carbons (Fsp3) is 0.591. The van der Waals surface area contributed by atoms with Crippen molar-refractivity contribution in [3.63, 3.8) is 0 Å². The number of ether oxygens (including phenoxy) is 1. The second kappa shape index (κ2) is 10.7. The van der Waals surface area contributed by atoms with Crippen molar-refractivity contribution in [3.05, 3.63) is 29.8 Å². The lowest BCUT2D eigenvalue weighted by Crippen LogP contribution is -2.55. The Bertz CT molecular complexity index is 791. The summed E-state index contributed by atoms with van der Waals surface area (Å²) in [6.45, 7) is 6.75. The molecule has 0 aliphatic carbocycles. The highest BCUT2D eigenvalue weighted by Gasteiger charge is 2.54. The third kappa shape index (κ3) is 6.75. The summed E-state index contributed by atoms with van der Waals surface area (Å²) in [5, 5.41) is 27.5. The average molecular weight is 436 g/mol. The van der Waals surface area contributed by atoms with Crippen LogP contribution in [0.1, 0.15) is 44.5 Å². The number of epoxide rings is 1. The first kappa shape index (κ1) is 24.8. The number of ketones is 1. The second-order valence-electron chi connectivity index (χ2n) is 8.58. The van der Waals surface area contributed by atoms with E-state index in [1.165, 1.54) is 0 Å². The normalized spacial score (nSPS) is 19.6. The highest BCUT2D eigenvalue weighted by atomic mass is 16.6. The van der Waals surface area contributed by atoms with Crippen LogP contribution in [0.4, 0.5) is 5.69 Å². The average Bonchev–Trinajstić information content (AvgIpc) is 3.51. The van der Waals surface area contributed by atoms with Gasteiger partial charge in [-0.15, -0.1) is 0 Å². The number of hydrogen-bond acceptors (Lipinski definition) is 7. The Morgan fingerprint density at radius 2 is 1.77 bits per heavy atom. The summed E-state index contributed by atoms with van der Waals surface area (Å²) in [5.74, 6) is -1.53.